The van der Waals surface area contributed by atoms with Crippen molar-refractivity contribution in [3.63, 3.8) is 0 Å². The molecule has 0 saturated carbocycles. The summed E-state index contributed by atoms with van der Waals surface area (Å²) in [4.78, 5) is 29.4. The molecule has 170 valence electrons. The van der Waals surface area contributed by atoms with Crippen LogP contribution >= 0.6 is 22.7 Å². The minimum Gasteiger partial charge on any atom is -0.484 e. The number of thiophene rings is 1. The molecule has 3 aromatic rings. The highest BCUT2D eigenvalue weighted by Gasteiger charge is 2.31. The van der Waals surface area contributed by atoms with Crippen LogP contribution in [0.25, 0.3) is 0 Å². The number of alkyl halides is 3. The Hall–Kier alpha value is -3.12. The van der Waals surface area contributed by atoms with Gasteiger partial charge in [-0.15, -0.1) is 35.8 Å². The summed E-state index contributed by atoms with van der Waals surface area (Å²) in [7, 11) is 0. The van der Waals surface area contributed by atoms with E-state index in [1.54, 1.807) is 16.7 Å². The summed E-state index contributed by atoms with van der Waals surface area (Å²) >= 11 is 2.80. The average molecular weight is 486 g/mol. The van der Waals surface area contributed by atoms with Crippen molar-refractivity contribution in [2.45, 2.75) is 26.4 Å². The Kier molecular flexibility index (Phi) is 7.70. The van der Waals surface area contributed by atoms with Gasteiger partial charge in [-0.3, -0.25) is 9.59 Å². The summed E-state index contributed by atoms with van der Waals surface area (Å²) in [6.07, 6.45) is -4.78. The van der Waals surface area contributed by atoms with E-state index in [-0.39, 0.29) is 36.3 Å². The van der Waals surface area contributed by atoms with Crippen LogP contribution in [0.1, 0.15) is 25.9 Å². The molecule has 2 heterocycles. The molecule has 2 amide bonds. The first-order valence-electron chi connectivity index (χ1n) is 9.20. The van der Waals surface area contributed by atoms with Gasteiger partial charge in [-0.2, -0.15) is 0 Å². The molecule has 0 bridgehead atoms. The number of aromatic nitrogens is 1. The van der Waals surface area contributed by atoms with Crippen LogP contribution in [0, 0.1) is 6.92 Å². The molecule has 2 aromatic heterocycles. The van der Waals surface area contributed by atoms with E-state index in [0.717, 1.165) is 22.6 Å². The van der Waals surface area contributed by atoms with Crippen molar-refractivity contribution in [3.8, 4) is 11.5 Å². The predicted octanol–water partition coefficient (Wildman–Crippen LogP) is 4.04. The highest BCUT2D eigenvalue weighted by molar-refractivity contribution is 7.10. The number of halogens is 3. The zero-order chi connectivity index (χ0) is 23.1. The van der Waals surface area contributed by atoms with Gasteiger partial charge in [0, 0.05) is 10.3 Å². The zero-order valence-corrected chi connectivity index (χ0v) is 18.3. The highest BCUT2D eigenvalue weighted by atomic mass is 32.1. The van der Waals surface area contributed by atoms with Crippen molar-refractivity contribution in [1.82, 2.24) is 15.6 Å². The molecular formula is C20H18F3N3O4S2. The number of rotatable bonds is 9. The standard InChI is InChI=1S/C20H18F3N3O4S2/c1-12-6-7-31-16(12)8-25-19(28)15-11-32-18(26-15)9-24-17(27)10-29-13-2-4-14(5-3-13)30-20(21,22)23/h2-7,11H,8-10H2,1H3,(H,24,27)(H,25,28). The lowest BCUT2D eigenvalue weighted by atomic mass is 10.3. The summed E-state index contributed by atoms with van der Waals surface area (Å²) < 4.78 is 45.4. The van der Waals surface area contributed by atoms with Gasteiger partial charge in [0.2, 0.25) is 0 Å². The van der Waals surface area contributed by atoms with Gasteiger partial charge in [0.15, 0.2) is 6.61 Å². The SMILES string of the molecule is Cc1ccsc1CNC(=O)c1csc(CNC(=O)COc2ccc(OC(F)(F)F)cc2)n1. The molecule has 0 radical (unpaired) electrons. The number of ether oxygens (including phenoxy) is 2. The summed E-state index contributed by atoms with van der Waals surface area (Å²) in [6, 6.07) is 6.68. The molecule has 0 unspecified atom stereocenters. The van der Waals surface area contributed by atoms with Crippen molar-refractivity contribution in [1.29, 1.82) is 0 Å². The van der Waals surface area contributed by atoms with Crippen LogP contribution in [0.3, 0.4) is 0 Å². The number of hydrogen-bond donors (Lipinski definition) is 2. The van der Waals surface area contributed by atoms with Gasteiger partial charge in [0.25, 0.3) is 11.8 Å². The molecule has 3 rings (SSSR count). The smallest absolute Gasteiger partial charge is 0.484 e. The second kappa shape index (κ2) is 10.5. The van der Waals surface area contributed by atoms with Crippen LogP contribution in [0.15, 0.2) is 41.1 Å². The Morgan fingerprint density at radius 1 is 1.03 bits per heavy atom. The maximum Gasteiger partial charge on any atom is 0.573 e. The second-order valence-corrected chi connectivity index (χ2v) is 8.36. The lowest BCUT2D eigenvalue weighted by molar-refractivity contribution is -0.274. The van der Waals surface area contributed by atoms with Gasteiger partial charge in [-0.05, 0) is 48.2 Å². The minimum atomic E-state index is -4.78. The van der Waals surface area contributed by atoms with E-state index in [1.165, 1.54) is 23.5 Å². The van der Waals surface area contributed by atoms with Crippen LogP contribution in [0.5, 0.6) is 11.5 Å². The van der Waals surface area contributed by atoms with Crippen LogP contribution in [0.4, 0.5) is 13.2 Å². The van der Waals surface area contributed by atoms with Gasteiger partial charge in [0.1, 0.15) is 22.2 Å². The lowest BCUT2D eigenvalue weighted by Gasteiger charge is -2.10. The van der Waals surface area contributed by atoms with Gasteiger partial charge in [-0.1, -0.05) is 0 Å². The fourth-order valence-corrected chi connectivity index (χ4v) is 4.00. The van der Waals surface area contributed by atoms with Gasteiger partial charge < -0.3 is 20.1 Å². The largest absolute Gasteiger partial charge is 0.573 e. The topological polar surface area (TPSA) is 89.6 Å². The molecular weight excluding hydrogens is 467 g/mol. The molecule has 7 nitrogen and oxygen atoms in total. The van der Waals surface area contributed by atoms with Crippen molar-refractivity contribution in [2.24, 2.45) is 0 Å². The molecule has 1 aromatic carbocycles. The van der Waals surface area contributed by atoms with Gasteiger partial charge in [-0.25, -0.2) is 4.98 Å². The normalized spacial score (nSPS) is 11.1. The molecule has 0 aliphatic carbocycles. The molecule has 0 atom stereocenters. The van der Waals surface area contributed by atoms with Crippen LogP contribution in [0.2, 0.25) is 0 Å². The number of nitrogens with zero attached hydrogens (tertiary/aromatic N) is 1. The molecule has 12 heteroatoms. The molecule has 0 aliphatic heterocycles. The fraction of sp³-hybridized carbons (Fsp3) is 0.250. The Labute approximate surface area is 189 Å². The van der Waals surface area contributed by atoms with E-state index >= 15 is 0 Å². The molecule has 0 fully saturated rings. The zero-order valence-electron chi connectivity index (χ0n) is 16.7. The van der Waals surface area contributed by atoms with Crippen molar-refractivity contribution in [3.05, 3.63) is 62.2 Å². The maximum absolute atomic E-state index is 12.2. The number of amides is 2. The quantitative estimate of drug-likeness (QED) is 0.478. The van der Waals surface area contributed by atoms with E-state index in [2.05, 4.69) is 20.4 Å². The van der Waals surface area contributed by atoms with Crippen molar-refractivity contribution >= 4 is 34.5 Å². The Balaban J connectivity index is 1.40. The fourth-order valence-electron chi connectivity index (χ4n) is 2.44. The molecule has 0 saturated heterocycles. The Bertz CT molecular complexity index is 1060. The number of thiazole rings is 1. The first-order valence-corrected chi connectivity index (χ1v) is 11.0. The van der Waals surface area contributed by atoms with Gasteiger partial charge >= 0.3 is 6.36 Å². The van der Waals surface area contributed by atoms with Crippen LogP contribution < -0.4 is 20.1 Å². The molecule has 2 N–H and O–H groups in total. The van der Waals surface area contributed by atoms with E-state index in [1.807, 2.05) is 18.4 Å². The van der Waals surface area contributed by atoms with Crippen molar-refractivity contribution in [2.75, 3.05) is 6.61 Å². The van der Waals surface area contributed by atoms with E-state index in [9.17, 15) is 22.8 Å². The van der Waals surface area contributed by atoms with Crippen molar-refractivity contribution < 1.29 is 32.2 Å². The lowest BCUT2D eigenvalue weighted by Crippen LogP contribution is -2.28. The third kappa shape index (κ3) is 7.24. The van der Waals surface area contributed by atoms with E-state index < -0.39 is 12.3 Å². The minimum absolute atomic E-state index is 0.114. The average Bonchev–Trinajstić information content (AvgIpc) is 3.38. The number of carbonyl (C=O) groups excluding carboxylic acids is 2. The molecule has 0 spiro atoms. The van der Waals surface area contributed by atoms with Crippen LogP contribution in [-0.4, -0.2) is 29.8 Å². The monoisotopic (exact) mass is 485 g/mol. The predicted molar refractivity (Wildman–Crippen MR) is 113 cm³/mol. The molecule has 0 aliphatic rings. The third-order valence-electron chi connectivity index (χ3n) is 4.03. The number of carbonyl (C=O) groups is 2. The maximum atomic E-state index is 12.2. The summed E-state index contributed by atoms with van der Waals surface area (Å²) in [5.74, 6) is -0.921. The summed E-state index contributed by atoms with van der Waals surface area (Å²) in [5, 5.41) is 9.53. The first kappa shape index (κ1) is 23.5. The Morgan fingerprint density at radius 3 is 2.41 bits per heavy atom. The number of nitrogens with one attached hydrogen (secondary N) is 2. The number of aryl methyl sites for hydroxylation is 1. The number of hydrogen-bond acceptors (Lipinski definition) is 7. The second-order valence-electron chi connectivity index (χ2n) is 6.42. The summed E-state index contributed by atoms with van der Waals surface area (Å²) in [5.41, 5.74) is 1.38. The molecule has 32 heavy (non-hydrogen) atoms. The first-order chi connectivity index (χ1) is 15.2. The van der Waals surface area contributed by atoms with E-state index in [0.29, 0.717) is 11.6 Å². The van der Waals surface area contributed by atoms with E-state index in [4.69, 9.17) is 4.74 Å². The summed E-state index contributed by atoms with van der Waals surface area (Å²) in [6.45, 7) is 2.18. The Morgan fingerprint density at radius 2 is 1.75 bits per heavy atom. The third-order valence-corrected chi connectivity index (χ3v) is 5.90. The van der Waals surface area contributed by atoms with Gasteiger partial charge in [0.05, 0.1) is 13.1 Å². The number of benzene rings is 1. The van der Waals surface area contributed by atoms with Crippen LogP contribution in [-0.2, 0) is 17.9 Å². The highest BCUT2D eigenvalue weighted by Crippen LogP contribution is 2.24.